The summed E-state index contributed by atoms with van der Waals surface area (Å²) in [5.74, 6) is 1.35. The topological polar surface area (TPSA) is 26.3 Å². The van der Waals surface area contributed by atoms with Gasteiger partial charge in [-0.25, -0.2) is 4.79 Å². The standard InChI is InChI=1S/C15H18O2/c1-3-5-8-13-9-6-7-10-14(13)11-12-17-15(16)4-2/h2,6-7,9-10H,3,5,8,11-12H2,1H3. The maximum absolute atomic E-state index is 10.8. The quantitative estimate of drug-likeness (QED) is 0.427. The molecule has 0 saturated heterocycles. The number of unbranched alkanes of at least 4 members (excludes halogenated alkanes) is 1. The van der Waals surface area contributed by atoms with Crippen molar-refractivity contribution < 1.29 is 9.53 Å². The van der Waals surface area contributed by atoms with Gasteiger partial charge in [-0.05, 0) is 24.0 Å². The van der Waals surface area contributed by atoms with E-state index >= 15 is 0 Å². The van der Waals surface area contributed by atoms with E-state index in [0.717, 1.165) is 12.8 Å². The Morgan fingerprint density at radius 2 is 1.94 bits per heavy atom. The van der Waals surface area contributed by atoms with Crippen molar-refractivity contribution in [3.63, 3.8) is 0 Å². The second kappa shape index (κ2) is 7.51. The Hall–Kier alpha value is -1.75. The number of rotatable bonds is 6. The number of benzene rings is 1. The van der Waals surface area contributed by atoms with Crippen molar-refractivity contribution in [2.45, 2.75) is 32.6 Å². The van der Waals surface area contributed by atoms with E-state index in [1.807, 2.05) is 18.1 Å². The van der Waals surface area contributed by atoms with Crippen LogP contribution < -0.4 is 0 Å². The lowest BCUT2D eigenvalue weighted by atomic mass is 10.0. The predicted molar refractivity (Wildman–Crippen MR) is 68.6 cm³/mol. The summed E-state index contributed by atoms with van der Waals surface area (Å²) in [6.45, 7) is 2.53. The summed E-state index contributed by atoms with van der Waals surface area (Å²) in [7, 11) is 0. The lowest BCUT2D eigenvalue weighted by molar-refractivity contribution is -0.136. The number of esters is 1. The molecule has 0 heterocycles. The van der Waals surface area contributed by atoms with Crippen LogP contribution in [0.1, 0.15) is 30.9 Å². The lowest BCUT2D eigenvalue weighted by Gasteiger charge is -2.08. The molecule has 1 rings (SSSR count). The Bertz CT molecular complexity index is 402. The van der Waals surface area contributed by atoms with E-state index in [4.69, 9.17) is 11.2 Å². The molecule has 0 atom stereocenters. The smallest absolute Gasteiger partial charge is 0.384 e. The van der Waals surface area contributed by atoms with Crippen LogP contribution in [0.5, 0.6) is 0 Å². The zero-order valence-electron chi connectivity index (χ0n) is 10.2. The number of hydrogen-bond acceptors (Lipinski definition) is 2. The molecule has 90 valence electrons. The van der Waals surface area contributed by atoms with Crippen molar-refractivity contribution in [3.8, 4) is 12.3 Å². The molecule has 17 heavy (non-hydrogen) atoms. The predicted octanol–water partition coefficient (Wildman–Crippen LogP) is 2.75. The van der Waals surface area contributed by atoms with Gasteiger partial charge >= 0.3 is 5.97 Å². The number of terminal acetylenes is 1. The van der Waals surface area contributed by atoms with Gasteiger partial charge in [-0.15, -0.1) is 6.42 Å². The van der Waals surface area contributed by atoms with Crippen LogP contribution in [0.25, 0.3) is 0 Å². The first kappa shape index (κ1) is 13.3. The van der Waals surface area contributed by atoms with Crippen molar-refractivity contribution in [1.29, 1.82) is 0 Å². The first-order valence-electron chi connectivity index (χ1n) is 5.98. The zero-order valence-corrected chi connectivity index (χ0v) is 10.2. The fourth-order valence-electron chi connectivity index (χ4n) is 1.71. The van der Waals surface area contributed by atoms with Gasteiger partial charge in [0, 0.05) is 12.3 Å². The Kier molecular flexibility index (Phi) is 5.88. The van der Waals surface area contributed by atoms with Crippen molar-refractivity contribution in [3.05, 3.63) is 35.4 Å². The molecule has 0 aromatic heterocycles. The average Bonchev–Trinajstić information content (AvgIpc) is 2.37. The van der Waals surface area contributed by atoms with Crippen molar-refractivity contribution in [2.24, 2.45) is 0 Å². The van der Waals surface area contributed by atoms with Gasteiger partial charge in [0.15, 0.2) is 0 Å². The number of aryl methyl sites for hydroxylation is 1. The second-order valence-corrected chi connectivity index (χ2v) is 3.90. The number of carbonyl (C=O) groups is 1. The molecule has 0 radical (unpaired) electrons. The van der Waals surface area contributed by atoms with E-state index in [1.165, 1.54) is 24.0 Å². The summed E-state index contributed by atoms with van der Waals surface area (Å²) >= 11 is 0. The van der Waals surface area contributed by atoms with E-state index in [-0.39, 0.29) is 0 Å². The highest BCUT2D eigenvalue weighted by atomic mass is 16.5. The van der Waals surface area contributed by atoms with E-state index in [2.05, 4.69) is 19.1 Å². The highest BCUT2D eigenvalue weighted by molar-refractivity contribution is 5.87. The molecule has 1 aromatic carbocycles. The van der Waals surface area contributed by atoms with Crippen LogP contribution in [0, 0.1) is 12.3 Å². The van der Waals surface area contributed by atoms with E-state index in [1.54, 1.807) is 0 Å². The summed E-state index contributed by atoms with van der Waals surface area (Å²) in [4.78, 5) is 10.8. The number of ether oxygens (including phenoxy) is 1. The van der Waals surface area contributed by atoms with E-state index in [9.17, 15) is 4.79 Å². The number of hydrogen-bond donors (Lipinski definition) is 0. The molecule has 1 aromatic rings. The molecule has 0 aliphatic rings. The van der Waals surface area contributed by atoms with Gasteiger partial charge in [0.25, 0.3) is 0 Å². The molecular formula is C15H18O2. The third kappa shape index (κ3) is 4.74. The minimum absolute atomic E-state index is 0.353. The van der Waals surface area contributed by atoms with Gasteiger partial charge in [-0.3, -0.25) is 0 Å². The van der Waals surface area contributed by atoms with Crippen LogP contribution in [-0.2, 0) is 22.4 Å². The largest absolute Gasteiger partial charge is 0.456 e. The first-order chi connectivity index (χ1) is 8.27. The van der Waals surface area contributed by atoms with Crippen LogP contribution in [0.15, 0.2) is 24.3 Å². The Morgan fingerprint density at radius 1 is 1.29 bits per heavy atom. The fourth-order valence-corrected chi connectivity index (χ4v) is 1.71. The number of carbonyl (C=O) groups excluding carboxylic acids is 1. The molecule has 0 aliphatic heterocycles. The molecule has 0 N–H and O–H groups in total. The van der Waals surface area contributed by atoms with Crippen molar-refractivity contribution in [2.75, 3.05) is 6.61 Å². The van der Waals surface area contributed by atoms with Crippen LogP contribution in [0.3, 0.4) is 0 Å². The maximum Gasteiger partial charge on any atom is 0.384 e. The highest BCUT2D eigenvalue weighted by Gasteiger charge is 2.03. The van der Waals surface area contributed by atoms with Gasteiger partial charge in [0.1, 0.15) is 0 Å². The zero-order chi connectivity index (χ0) is 12.5. The van der Waals surface area contributed by atoms with Gasteiger partial charge in [0.2, 0.25) is 0 Å². The van der Waals surface area contributed by atoms with Crippen molar-refractivity contribution >= 4 is 5.97 Å². The molecule has 0 fully saturated rings. The molecule has 0 aliphatic carbocycles. The molecule has 0 amide bonds. The van der Waals surface area contributed by atoms with Crippen LogP contribution in [0.4, 0.5) is 0 Å². The SMILES string of the molecule is C#CC(=O)OCCc1ccccc1CCCC. The molecule has 2 nitrogen and oxygen atoms in total. The molecule has 0 unspecified atom stereocenters. The van der Waals surface area contributed by atoms with Crippen LogP contribution in [0.2, 0.25) is 0 Å². The van der Waals surface area contributed by atoms with Gasteiger partial charge < -0.3 is 4.74 Å². The van der Waals surface area contributed by atoms with Gasteiger partial charge in [-0.2, -0.15) is 0 Å². The lowest BCUT2D eigenvalue weighted by Crippen LogP contribution is -2.06. The minimum atomic E-state index is -0.587. The van der Waals surface area contributed by atoms with E-state index < -0.39 is 5.97 Å². The summed E-state index contributed by atoms with van der Waals surface area (Å²) < 4.78 is 4.88. The van der Waals surface area contributed by atoms with E-state index in [0.29, 0.717) is 6.61 Å². The molecular weight excluding hydrogens is 212 g/mol. The summed E-state index contributed by atoms with van der Waals surface area (Å²) in [5, 5.41) is 0. The van der Waals surface area contributed by atoms with Crippen molar-refractivity contribution in [1.82, 2.24) is 0 Å². The summed E-state index contributed by atoms with van der Waals surface area (Å²) in [5.41, 5.74) is 2.58. The fraction of sp³-hybridized carbons (Fsp3) is 0.400. The normalized spacial score (nSPS) is 9.65. The first-order valence-corrected chi connectivity index (χ1v) is 5.98. The minimum Gasteiger partial charge on any atom is -0.456 e. The summed E-state index contributed by atoms with van der Waals surface area (Å²) in [6, 6.07) is 8.26. The summed E-state index contributed by atoms with van der Waals surface area (Å²) in [6.07, 6.45) is 9.09. The average molecular weight is 230 g/mol. The maximum atomic E-state index is 10.8. The van der Waals surface area contributed by atoms with Crippen LogP contribution >= 0.6 is 0 Å². The Balaban J connectivity index is 2.52. The third-order valence-electron chi connectivity index (χ3n) is 2.64. The second-order valence-electron chi connectivity index (χ2n) is 3.90. The molecule has 2 heteroatoms. The van der Waals surface area contributed by atoms with Gasteiger partial charge in [-0.1, -0.05) is 37.6 Å². The highest BCUT2D eigenvalue weighted by Crippen LogP contribution is 2.12. The van der Waals surface area contributed by atoms with Gasteiger partial charge in [0.05, 0.1) is 6.61 Å². The molecule has 0 bridgehead atoms. The Morgan fingerprint density at radius 3 is 2.53 bits per heavy atom. The van der Waals surface area contributed by atoms with Crippen LogP contribution in [-0.4, -0.2) is 12.6 Å². The third-order valence-corrected chi connectivity index (χ3v) is 2.64. The monoisotopic (exact) mass is 230 g/mol. The molecule has 0 saturated carbocycles. The Labute approximate surface area is 103 Å². The molecule has 0 spiro atoms.